The summed E-state index contributed by atoms with van der Waals surface area (Å²) in [6, 6.07) is 0. The molecule has 0 amide bonds. The number of halogens is 1. The van der Waals surface area contributed by atoms with Crippen LogP contribution in [0, 0.1) is 17.8 Å². The molecule has 3 atom stereocenters. The maximum Gasteiger partial charge on any atom is 0.143 e. The monoisotopic (exact) mass is 214 g/mol. The van der Waals surface area contributed by atoms with E-state index in [1.165, 1.54) is 31.6 Å². The first-order chi connectivity index (χ1) is 6.38. The van der Waals surface area contributed by atoms with Crippen LogP contribution in [0.4, 0.5) is 0 Å². The van der Waals surface area contributed by atoms with Crippen molar-refractivity contribution in [2.75, 3.05) is 13.1 Å². The Morgan fingerprint density at radius 2 is 2.00 bits per heavy atom. The molecule has 3 nitrogen and oxygen atoms in total. The molecule has 0 aromatic carbocycles. The van der Waals surface area contributed by atoms with Gasteiger partial charge in [-0.05, 0) is 37.8 Å². The van der Waals surface area contributed by atoms with Gasteiger partial charge in [0.1, 0.15) is 5.60 Å². The van der Waals surface area contributed by atoms with Gasteiger partial charge in [0.15, 0.2) is 0 Å². The molecule has 4 aliphatic rings. The Morgan fingerprint density at radius 3 is 2.57 bits per heavy atom. The van der Waals surface area contributed by atoms with E-state index in [1.807, 2.05) is 0 Å². The molecular weight excluding hydrogens is 200 g/mol. The lowest BCUT2D eigenvalue weighted by atomic mass is 10.1. The summed E-state index contributed by atoms with van der Waals surface area (Å²) in [6.07, 6.45) is 3.62. The third kappa shape index (κ3) is 1.06. The molecule has 78 valence electrons. The van der Waals surface area contributed by atoms with Crippen LogP contribution in [0.5, 0.6) is 0 Å². The van der Waals surface area contributed by atoms with Gasteiger partial charge >= 0.3 is 0 Å². The molecule has 3 fully saturated rings. The zero-order valence-corrected chi connectivity index (χ0v) is 8.85. The number of oxime groups is 1. The van der Waals surface area contributed by atoms with Crippen molar-refractivity contribution >= 4 is 18.1 Å². The van der Waals surface area contributed by atoms with Crippen molar-refractivity contribution in [1.82, 2.24) is 5.32 Å². The van der Waals surface area contributed by atoms with E-state index in [9.17, 15) is 0 Å². The molecule has 1 spiro atoms. The second-order valence-electron chi connectivity index (χ2n) is 5.05. The maximum absolute atomic E-state index is 5.50. The van der Waals surface area contributed by atoms with Crippen molar-refractivity contribution in [2.24, 2.45) is 22.9 Å². The predicted molar refractivity (Wildman–Crippen MR) is 55.7 cm³/mol. The van der Waals surface area contributed by atoms with E-state index in [0.29, 0.717) is 0 Å². The summed E-state index contributed by atoms with van der Waals surface area (Å²) in [6.45, 7) is 2.42. The molecule has 2 aliphatic carbocycles. The quantitative estimate of drug-likeness (QED) is 0.712. The van der Waals surface area contributed by atoms with Gasteiger partial charge < -0.3 is 10.2 Å². The van der Waals surface area contributed by atoms with Crippen molar-refractivity contribution in [3.63, 3.8) is 0 Å². The number of nitrogens with zero attached hydrogens (tertiary/aromatic N) is 1. The molecule has 2 saturated carbocycles. The molecule has 2 aliphatic heterocycles. The lowest BCUT2D eigenvalue weighted by Gasteiger charge is -2.03. The van der Waals surface area contributed by atoms with Crippen molar-refractivity contribution in [1.29, 1.82) is 0 Å². The Bertz CT molecular complexity index is 290. The zero-order chi connectivity index (χ0) is 8.47. The van der Waals surface area contributed by atoms with Gasteiger partial charge in [-0.25, -0.2) is 0 Å². The third-order valence-corrected chi connectivity index (χ3v) is 4.14. The van der Waals surface area contributed by atoms with Crippen LogP contribution in [-0.4, -0.2) is 24.4 Å². The fourth-order valence-electron chi connectivity index (χ4n) is 3.05. The number of nitrogens with one attached hydrogen (secondary N) is 1. The summed E-state index contributed by atoms with van der Waals surface area (Å²) in [7, 11) is 0. The Hall–Kier alpha value is -0.280. The smallest absolute Gasteiger partial charge is 0.143 e. The minimum Gasteiger partial charge on any atom is -0.389 e. The Balaban J connectivity index is 0.000000640. The highest BCUT2D eigenvalue weighted by Crippen LogP contribution is 2.55. The highest BCUT2D eigenvalue weighted by atomic mass is 35.5. The molecule has 1 saturated heterocycles. The summed E-state index contributed by atoms with van der Waals surface area (Å²) >= 11 is 0. The van der Waals surface area contributed by atoms with Gasteiger partial charge in [-0.1, -0.05) is 5.16 Å². The molecule has 4 rings (SSSR count). The summed E-state index contributed by atoms with van der Waals surface area (Å²) < 4.78 is 0. The molecule has 14 heavy (non-hydrogen) atoms. The fraction of sp³-hybridized carbons (Fsp3) is 0.900. The van der Waals surface area contributed by atoms with Gasteiger partial charge in [-0.3, -0.25) is 0 Å². The first-order valence-electron chi connectivity index (χ1n) is 5.34. The molecule has 0 radical (unpaired) electrons. The average molecular weight is 215 g/mol. The van der Waals surface area contributed by atoms with Crippen LogP contribution in [0.15, 0.2) is 5.16 Å². The SMILES string of the molecule is C1NC[C@H]2C(C3=NOC4(CC4)C3)[C@@H]12.Cl. The summed E-state index contributed by atoms with van der Waals surface area (Å²) in [5.74, 6) is 2.59. The molecule has 4 heteroatoms. The van der Waals surface area contributed by atoms with Crippen LogP contribution in [0.1, 0.15) is 19.3 Å². The molecule has 1 N–H and O–H groups in total. The summed E-state index contributed by atoms with van der Waals surface area (Å²) in [4.78, 5) is 5.50. The van der Waals surface area contributed by atoms with Crippen LogP contribution in [-0.2, 0) is 4.84 Å². The van der Waals surface area contributed by atoms with Gasteiger partial charge in [0.05, 0.1) is 5.71 Å². The van der Waals surface area contributed by atoms with Gasteiger partial charge in [-0.2, -0.15) is 0 Å². The lowest BCUT2D eigenvalue weighted by molar-refractivity contribution is 0.0650. The van der Waals surface area contributed by atoms with E-state index >= 15 is 0 Å². The second kappa shape index (κ2) is 2.64. The molecule has 0 aromatic rings. The molecule has 1 unspecified atom stereocenters. The van der Waals surface area contributed by atoms with E-state index in [2.05, 4.69) is 10.5 Å². The van der Waals surface area contributed by atoms with E-state index in [0.717, 1.165) is 24.2 Å². The topological polar surface area (TPSA) is 33.6 Å². The van der Waals surface area contributed by atoms with Gasteiger partial charge in [0, 0.05) is 12.3 Å². The first kappa shape index (κ1) is 8.98. The Labute approximate surface area is 89.7 Å². The van der Waals surface area contributed by atoms with Gasteiger partial charge in [0.2, 0.25) is 0 Å². The standard InChI is InChI=1S/C10H14N2O.ClH/c1-2-10(1)3-8(12-13-10)9-6-4-11-5-7(6)9;/h6-7,9,11H,1-5H2;1H/t6-,7+,9?;. The van der Waals surface area contributed by atoms with Crippen molar-refractivity contribution in [2.45, 2.75) is 24.9 Å². The minimum absolute atomic E-state index is 0. The molecule has 2 heterocycles. The van der Waals surface area contributed by atoms with E-state index in [1.54, 1.807) is 0 Å². The second-order valence-corrected chi connectivity index (χ2v) is 5.05. The van der Waals surface area contributed by atoms with Crippen LogP contribution in [0.2, 0.25) is 0 Å². The Morgan fingerprint density at radius 1 is 1.29 bits per heavy atom. The van der Waals surface area contributed by atoms with Gasteiger partial charge in [0.25, 0.3) is 0 Å². The number of hydrogen-bond donors (Lipinski definition) is 1. The van der Waals surface area contributed by atoms with E-state index < -0.39 is 0 Å². The van der Waals surface area contributed by atoms with Crippen LogP contribution in [0.3, 0.4) is 0 Å². The Kier molecular flexibility index (Phi) is 1.69. The first-order valence-corrected chi connectivity index (χ1v) is 5.34. The minimum atomic E-state index is 0. The lowest BCUT2D eigenvalue weighted by Crippen LogP contribution is -2.19. The van der Waals surface area contributed by atoms with Crippen LogP contribution >= 0.6 is 12.4 Å². The predicted octanol–water partition coefficient (Wildman–Crippen LogP) is 1.18. The van der Waals surface area contributed by atoms with Crippen molar-refractivity contribution in [3.05, 3.63) is 0 Å². The fourth-order valence-corrected chi connectivity index (χ4v) is 3.05. The number of fused-ring (bicyclic) bond motifs is 1. The largest absolute Gasteiger partial charge is 0.389 e. The third-order valence-electron chi connectivity index (χ3n) is 4.14. The molecular formula is C10H15ClN2O. The summed E-state index contributed by atoms with van der Waals surface area (Å²) in [5, 5.41) is 7.70. The zero-order valence-electron chi connectivity index (χ0n) is 8.03. The number of piperidine rings is 1. The van der Waals surface area contributed by atoms with Crippen molar-refractivity contribution < 1.29 is 4.84 Å². The van der Waals surface area contributed by atoms with E-state index in [4.69, 9.17) is 4.84 Å². The normalized spacial score (nSPS) is 45.1. The van der Waals surface area contributed by atoms with Crippen molar-refractivity contribution in [3.8, 4) is 0 Å². The number of rotatable bonds is 1. The maximum atomic E-state index is 5.50. The molecule has 0 bridgehead atoms. The average Bonchev–Trinajstić information content (AvgIpc) is 2.91. The summed E-state index contributed by atoms with van der Waals surface area (Å²) in [5.41, 5.74) is 1.59. The highest BCUT2D eigenvalue weighted by Gasteiger charge is 2.60. The highest BCUT2D eigenvalue weighted by molar-refractivity contribution is 5.91. The van der Waals surface area contributed by atoms with Gasteiger partial charge in [-0.15, -0.1) is 12.4 Å². The van der Waals surface area contributed by atoms with E-state index in [-0.39, 0.29) is 18.0 Å². The van der Waals surface area contributed by atoms with Crippen LogP contribution in [0.25, 0.3) is 0 Å². The van der Waals surface area contributed by atoms with Crippen LogP contribution < -0.4 is 5.32 Å². The molecule has 0 aromatic heterocycles. The number of hydrogen-bond acceptors (Lipinski definition) is 3.